The third-order valence-electron chi connectivity index (χ3n) is 4.81. The number of methoxy groups -OCH3 is 1. The Hall–Kier alpha value is -3.06. The highest BCUT2D eigenvalue weighted by Crippen LogP contribution is 2.30. The van der Waals surface area contributed by atoms with Crippen molar-refractivity contribution in [1.82, 2.24) is 4.90 Å². The average molecular weight is 397 g/mol. The SMILES string of the molecule is CCOc1ccc(CN(CC)CC(=O)N2CC(=O)Nc3ccccc32)cc1OC. The van der Waals surface area contributed by atoms with Gasteiger partial charge >= 0.3 is 0 Å². The van der Waals surface area contributed by atoms with Crippen molar-refractivity contribution in [3.63, 3.8) is 0 Å². The molecule has 0 unspecified atom stereocenters. The summed E-state index contributed by atoms with van der Waals surface area (Å²) < 4.78 is 11.0. The maximum absolute atomic E-state index is 13.0. The molecule has 2 aromatic rings. The summed E-state index contributed by atoms with van der Waals surface area (Å²) in [5.74, 6) is 1.09. The molecule has 0 saturated carbocycles. The van der Waals surface area contributed by atoms with Gasteiger partial charge in [0.2, 0.25) is 11.8 Å². The summed E-state index contributed by atoms with van der Waals surface area (Å²) in [6, 6.07) is 13.1. The van der Waals surface area contributed by atoms with Crippen molar-refractivity contribution in [1.29, 1.82) is 0 Å². The number of para-hydroxylation sites is 2. The van der Waals surface area contributed by atoms with Crippen molar-refractivity contribution < 1.29 is 19.1 Å². The van der Waals surface area contributed by atoms with Crippen molar-refractivity contribution in [2.24, 2.45) is 0 Å². The number of nitrogens with one attached hydrogen (secondary N) is 1. The lowest BCUT2D eigenvalue weighted by atomic mass is 10.1. The minimum atomic E-state index is -0.184. The van der Waals surface area contributed by atoms with E-state index in [1.165, 1.54) is 0 Å². The number of anilines is 2. The monoisotopic (exact) mass is 397 g/mol. The summed E-state index contributed by atoms with van der Waals surface area (Å²) in [5.41, 5.74) is 2.42. The van der Waals surface area contributed by atoms with E-state index < -0.39 is 0 Å². The summed E-state index contributed by atoms with van der Waals surface area (Å²) in [6.45, 7) is 6.04. The molecule has 0 aromatic heterocycles. The summed E-state index contributed by atoms with van der Waals surface area (Å²) in [5, 5.41) is 2.81. The van der Waals surface area contributed by atoms with Crippen LogP contribution in [0.2, 0.25) is 0 Å². The molecule has 1 heterocycles. The Morgan fingerprint density at radius 1 is 1.17 bits per heavy atom. The van der Waals surface area contributed by atoms with E-state index in [9.17, 15) is 9.59 Å². The number of carbonyl (C=O) groups excluding carboxylic acids is 2. The summed E-state index contributed by atoms with van der Waals surface area (Å²) in [6.07, 6.45) is 0. The minimum absolute atomic E-state index is 0.0320. The largest absolute Gasteiger partial charge is 0.493 e. The molecule has 1 N–H and O–H groups in total. The molecule has 0 fully saturated rings. The molecule has 1 aliphatic heterocycles. The van der Waals surface area contributed by atoms with E-state index in [4.69, 9.17) is 9.47 Å². The fraction of sp³-hybridized carbons (Fsp3) is 0.364. The Kier molecular flexibility index (Phi) is 6.72. The highest BCUT2D eigenvalue weighted by molar-refractivity contribution is 6.10. The molecule has 154 valence electrons. The number of likely N-dealkylation sites (N-methyl/N-ethyl adjacent to an activating group) is 1. The molecule has 3 rings (SSSR count). The van der Waals surface area contributed by atoms with Gasteiger partial charge in [-0.3, -0.25) is 19.4 Å². The maximum atomic E-state index is 13.0. The van der Waals surface area contributed by atoms with Crippen LogP contribution in [0.1, 0.15) is 19.4 Å². The molecule has 0 bridgehead atoms. The van der Waals surface area contributed by atoms with E-state index in [2.05, 4.69) is 5.32 Å². The van der Waals surface area contributed by atoms with Crippen LogP contribution in [0.5, 0.6) is 11.5 Å². The van der Waals surface area contributed by atoms with Crippen molar-refractivity contribution in [2.75, 3.05) is 43.6 Å². The number of amides is 2. The highest BCUT2D eigenvalue weighted by Gasteiger charge is 2.27. The molecular weight excluding hydrogens is 370 g/mol. The number of benzene rings is 2. The maximum Gasteiger partial charge on any atom is 0.244 e. The van der Waals surface area contributed by atoms with Crippen LogP contribution in [0.25, 0.3) is 0 Å². The van der Waals surface area contributed by atoms with Crippen molar-refractivity contribution in [3.05, 3.63) is 48.0 Å². The van der Waals surface area contributed by atoms with E-state index >= 15 is 0 Å². The Bertz CT molecular complexity index is 884. The fourth-order valence-electron chi connectivity index (χ4n) is 3.36. The van der Waals surface area contributed by atoms with Crippen LogP contribution >= 0.6 is 0 Å². The van der Waals surface area contributed by atoms with Crippen LogP contribution in [0.3, 0.4) is 0 Å². The predicted octanol–water partition coefficient (Wildman–Crippen LogP) is 2.90. The summed E-state index contributed by atoms with van der Waals surface area (Å²) >= 11 is 0. The molecule has 0 radical (unpaired) electrons. The molecule has 7 heteroatoms. The lowest BCUT2D eigenvalue weighted by Crippen LogP contribution is -2.46. The van der Waals surface area contributed by atoms with Crippen LogP contribution in [-0.4, -0.2) is 50.1 Å². The number of carbonyl (C=O) groups is 2. The second kappa shape index (κ2) is 9.43. The molecular formula is C22H27N3O4. The Morgan fingerprint density at radius 2 is 1.97 bits per heavy atom. The van der Waals surface area contributed by atoms with E-state index in [-0.39, 0.29) is 24.9 Å². The molecule has 0 saturated heterocycles. The molecule has 0 spiro atoms. The topological polar surface area (TPSA) is 71.1 Å². The smallest absolute Gasteiger partial charge is 0.244 e. The third-order valence-corrected chi connectivity index (χ3v) is 4.81. The van der Waals surface area contributed by atoms with Gasteiger partial charge in [-0.05, 0) is 43.3 Å². The van der Waals surface area contributed by atoms with Gasteiger partial charge in [0.25, 0.3) is 0 Å². The molecule has 1 aliphatic rings. The van der Waals surface area contributed by atoms with Gasteiger partial charge in [0.15, 0.2) is 11.5 Å². The van der Waals surface area contributed by atoms with Gasteiger partial charge in [-0.25, -0.2) is 0 Å². The van der Waals surface area contributed by atoms with Crippen molar-refractivity contribution in [3.8, 4) is 11.5 Å². The zero-order valence-corrected chi connectivity index (χ0v) is 17.1. The first kappa shape index (κ1) is 20.7. The lowest BCUT2D eigenvalue weighted by molar-refractivity contribution is -0.122. The van der Waals surface area contributed by atoms with Gasteiger partial charge in [-0.15, -0.1) is 0 Å². The molecule has 29 heavy (non-hydrogen) atoms. The molecule has 0 aliphatic carbocycles. The van der Waals surface area contributed by atoms with E-state index in [1.807, 2.05) is 55.1 Å². The Balaban J connectivity index is 1.72. The van der Waals surface area contributed by atoms with Gasteiger partial charge < -0.3 is 14.8 Å². The fourth-order valence-corrected chi connectivity index (χ4v) is 3.36. The van der Waals surface area contributed by atoms with Crippen molar-refractivity contribution >= 4 is 23.2 Å². The second-order valence-electron chi connectivity index (χ2n) is 6.77. The highest BCUT2D eigenvalue weighted by atomic mass is 16.5. The van der Waals surface area contributed by atoms with Crippen LogP contribution < -0.4 is 19.7 Å². The minimum Gasteiger partial charge on any atom is -0.493 e. The Labute approximate surface area is 171 Å². The van der Waals surface area contributed by atoms with E-state index in [0.717, 1.165) is 11.3 Å². The molecule has 0 atom stereocenters. The number of rotatable bonds is 8. The summed E-state index contributed by atoms with van der Waals surface area (Å²) in [4.78, 5) is 28.6. The predicted molar refractivity (Wildman–Crippen MR) is 113 cm³/mol. The van der Waals surface area contributed by atoms with Crippen LogP contribution in [0.15, 0.2) is 42.5 Å². The number of ether oxygens (including phenoxy) is 2. The number of hydrogen-bond donors (Lipinski definition) is 1. The first-order valence-electron chi connectivity index (χ1n) is 9.77. The first-order chi connectivity index (χ1) is 14.0. The van der Waals surface area contributed by atoms with Gasteiger partial charge in [-0.2, -0.15) is 0 Å². The van der Waals surface area contributed by atoms with Gasteiger partial charge in [-0.1, -0.05) is 25.1 Å². The number of nitrogens with zero attached hydrogens (tertiary/aromatic N) is 2. The summed E-state index contributed by atoms with van der Waals surface area (Å²) in [7, 11) is 1.61. The Morgan fingerprint density at radius 3 is 2.69 bits per heavy atom. The van der Waals surface area contributed by atoms with Gasteiger partial charge in [0.05, 0.1) is 31.6 Å². The molecule has 2 aromatic carbocycles. The first-order valence-corrected chi connectivity index (χ1v) is 9.77. The third kappa shape index (κ3) is 4.86. The van der Waals surface area contributed by atoms with Crippen LogP contribution in [0, 0.1) is 0 Å². The zero-order chi connectivity index (χ0) is 20.8. The number of hydrogen-bond acceptors (Lipinski definition) is 5. The average Bonchev–Trinajstić information content (AvgIpc) is 2.73. The normalized spacial score (nSPS) is 13.1. The van der Waals surface area contributed by atoms with Crippen molar-refractivity contribution in [2.45, 2.75) is 20.4 Å². The van der Waals surface area contributed by atoms with E-state index in [1.54, 1.807) is 18.1 Å². The molecule has 7 nitrogen and oxygen atoms in total. The molecule has 2 amide bonds. The lowest BCUT2D eigenvalue weighted by Gasteiger charge is -2.31. The standard InChI is InChI=1S/C22H27N3O4/c1-4-24(13-16-10-11-19(29-5-2)20(12-16)28-3)15-22(27)25-14-21(26)23-17-8-6-7-9-18(17)25/h6-12H,4-5,13-15H2,1-3H3,(H,23,26). The van der Waals surface area contributed by atoms with Crippen LogP contribution in [0.4, 0.5) is 11.4 Å². The number of fused-ring (bicyclic) bond motifs is 1. The van der Waals surface area contributed by atoms with Crippen LogP contribution in [-0.2, 0) is 16.1 Å². The van der Waals surface area contributed by atoms with Gasteiger partial charge in [0, 0.05) is 6.54 Å². The van der Waals surface area contributed by atoms with E-state index in [0.29, 0.717) is 36.9 Å². The van der Waals surface area contributed by atoms with Gasteiger partial charge in [0.1, 0.15) is 6.54 Å². The quantitative estimate of drug-likeness (QED) is 0.742. The second-order valence-corrected chi connectivity index (χ2v) is 6.77. The zero-order valence-electron chi connectivity index (χ0n) is 17.1.